The Hall–Kier alpha value is -2.21. The Balaban J connectivity index is 2.11. The number of carbonyl (C=O) groups excluding carboxylic acids is 2. The van der Waals surface area contributed by atoms with Crippen LogP contribution >= 0.6 is 11.3 Å². The molecule has 2 rings (SSSR count). The number of thiazole rings is 1. The average molecular weight is 304 g/mol. The first kappa shape index (κ1) is 15.2. The smallest absolute Gasteiger partial charge is 0.310 e. The maximum Gasteiger partial charge on any atom is 0.310 e. The fourth-order valence-corrected chi connectivity index (χ4v) is 2.75. The number of amides is 1. The summed E-state index contributed by atoms with van der Waals surface area (Å²) in [6.45, 7) is 3.73. The van der Waals surface area contributed by atoms with Crippen molar-refractivity contribution in [1.82, 2.24) is 4.98 Å². The van der Waals surface area contributed by atoms with Gasteiger partial charge in [-0.15, -0.1) is 11.3 Å². The van der Waals surface area contributed by atoms with Gasteiger partial charge in [-0.25, -0.2) is 4.98 Å². The summed E-state index contributed by atoms with van der Waals surface area (Å²) in [6, 6.07) is 7.32. The lowest BCUT2D eigenvalue weighted by Gasteiger charge is -2.02. The van der Waals surface area contributed by atoms with Gasteiger partial charge >= 0.3 is 5.97 Å². The number of hydrogen-bond donors (Lipinski definition) is 1. The van der Waals surface area contributed by atoms with E-state index < -0.39 is 0 Å². The Labute approximate surface area is 127 Å². The van der Waals surface area contributed by atoms with Crippen LogP contribution in [0.15, 0.2) is 24.3 Å². The van der Waals surface area contributed by atoms with Crippen molar-refractivity contribution in [2.45, 2.75) is 20.3 Å². The molecule has 21 heavy (non-hydrogen) atoms. The van der Waals surface area contributed by atoms with E-state index >= 15 is 0 Å². The molecule has 1 aromatic heterocycles. The molecule has 0 spiro atoms. The third-order valence-electron chi connectivity index (χ3n) is 2.93. The number of nitrogens with zero attached hydrogens (tertiary/aromatic N) is 1. The summed E-state index contributed by atoms with van der Waals surface area (Å²) >= 11 is 1.29. The number of aromatic nitrogens is 1. The van der Waals surface area contributed by atoms with Gasteiger partial charge in [0.25, 0.3) is 5.91 Å². The topological polar surface area (TPSA) is 68.3 Å². The monoisotopic (exact) mass is 304 g/mol. The highest BCUT2D eigenvalue weighted by atomic mass is 32.1. The highest BCUT2D eigenvalue weighted by Gasteiger charge is 2.14. The van der Waals surface area contributed by atoms with Gasteiger partial charge in [0.15, 0.2) is 5.13 Å². The van der Waals surface area contributed by atoms with Crippen LogP contribution in [0.5, 0.6) is 0 Å². The molecule has 110 valence electrons. The number of esters is 1. The fourth-order valence-electron chi connectivity index (χ4n) is 1.80. The quantitative estimate of drug-likeness (QED) is 0.882. The molecule has 1 N–H and O–H groups in total. The number of aryl methyl sites for hydroxylation is 2. The van der Waals surface area contributed by atoms with Gasteiger partial charge in [0.2, 0.25) is 0 Å². The Morgan fingerprint density at radius 1 is 1.33 bits per heavy atom. The first-order valence-corrected chi connectivity index (χ1v) is 7.22. The number of methoxy groups -OCH3 is 1. The summed E-state index contributed by atoms with van der Waals surface area (Å²) < 4.78 is 4.63. The molecule has 1 amide bonds. The predicted molar refractivity (Wildman–Crippen MR) is 81.7 cm³/mol. The summed E-state index contributed by atoms with van der Waals surface area (Å²) in [6.07, 6.45) is 0.167. The molecule has 0 aliphatic heterocycles. The molecule has 1 aromatic carbocycles. The second kappa shape index (κ2) is 6.49. The van der Waals surface area contributed by atoms with Crippen LogP contribution in [0.1, 0.15) is 26.5 Å². The maximum atomic E-state index is 12.1. The van der Waals surface area contributed by atoms with Crippen LogP contribution in [-0.4, -0.2) is 24.0 Å². The molecular formula is C15H16N2O3S. The van der Waals surface area contributed by atoms with Crippen molar-refractivity contribution < 1.29 is 14.3 Å². The molecule has 6 heteroatoms. The lowest BCUT2D eigenvalue weighted by atomic mass is 10.1. The number of carbonyl (C=O) groups is 2. The minimum atomic E-state index is -0.321. The molecule has 0 saturated heterocycles. The Kier molecular flexibility index (Phi) is 4.70. The van der Waals surface area contributed by atoms with Crippen LogP contribution in [-0.2, 0) is 16.0 Å². The van der Waals surface area contributed by atoms with Gasteiger partial charge in [0, 0.05) is 10.4 Å². The zero-order valence-electron chi connectivity index (χ0n) is 12.1. The number of benzene rings is 1. The third-order valence-corrected chi connectivity index (χ3v) is 4.00. The van der Waals surface area contributed by atoms with E-state index in [2.05, 4.69) is 15.0 Å². The highest BCUT2D eigenvalue weighted by molar-refractivity contribution is 7.16. The van der Waals surface area contributed by atoms with Crippen molar-refractivity contribution in [2.24, 2.45) is 0 Å². The van der Waals surface area contributed by atoms with Crippen LogP contribution in [0.25, 0.3) is 0 Å². The Bertz CT molecular complexity index is 679. The SMILES string of the molecule is COC(=O)Cc1sc(NC(=O)c2cccc(C)c2)nc1C. The van der Waals surface area contributed by atoms with Gasteiger partial charge in [-0.2, -0.15) is 0 Å². The van der Waals surface area contributed by atoms with Crippen molar-refractivity contribution in [3.63, 3.8) is 0 Å². The first-order chi connectivity index (χ1) is 9.99. The molecule has 0 aliphatic carbocycles. The maximum absolute atomic E-state index is 12.1. The van der Waals surface area contributed by atoms with Crippen molar-refractivity contribution >= 4 is 28.3 Å². The summed E-state index contributed by atoms with van der Waals surface area (Å²) in [5, 5.41) is 3.24. The average Bonchev–Trinajstić information content (AvgIpc) is 2.78. The predicted octanol–water partition coefficient (Wildman–Crippen LogP) is 2.73. The molecular weight excluding hydrogens is 288 g/mol. The van der Waals surface area contributed by atoms with Crippen LogP contribution in [0, 0.1) is 13.8 Å². The van der Waals surface area contributed by atoms with Crippen LogP contribution in [0.4, 0.5) is 5.13 Å². The largest absolute Gasteiger partial charge is 0.469 e. The number of rotatable bonds is 4. The van der Waals surface area contributed by atoms with E-state index in [1.165, 1.54) is 18.4 Å². The summed E-state index contributed by atoms with van der Waals surface area (Å²) in [5.41, 5.74) is 2.33. The van der Waals surface area contributed by atoms with Crippen molar-refractivity contribution in [1.29, 1.82) is 0 Å². The van der Waals surface area contributed by atoms with E-state index in [1.807, 2.05) is 25.1 Å². The van der Waals surface area contributed by atoms with Crippen molar-refractivity contribution in [3.8, 4) is 0 Å². The standard InChI is InChI=1S/C15H16N2O3S/c1-9-5-4-6-11(7-9)14(19)17-15-16-10(2)12(21-15)8-13(18)20-3/h4-7H,8H2,1-3H3,(H,16,17,19). The minimum Gasteiger partial charge on any atom is -0.469 e. The lowest BCUT2D eigenvalue weighted by Crippen LogP contribution is -2.11. The Morgan fingerprint density at radius 3 is 2.76 bits per heavy atom. The van der Waals surface area contributed by atoms with Gasteiger partial charge in [-0.05, 0) is 26.0 Å². The number of anilines is 1. The second-order valence-corrected chi connectivity index (χ2v) is 5.69. The summed E-state index contributed by atoms with van der Waals surface area (Å²) in [4.78, 5) is 28.5. The van der Waals surface area contributed by atoms with Gasteiger partial charge in [-0.1, -0.05) is 17.7 Å². The third kappa shape index (κ3) is 3.88. The van der Waals surface area contributed by atoms with Gasteiger partial charge < -0.3 is 4.74 Å². The van der Waals surface area contributed by atoms with Gasteiger partial charge in [0.1, 0.15) is 0 Å². The van der Waals surface area contributed by atoms with Crippen molar-refractivity contribution in [2.75, 3.05) is 12.4 Å². The van der Waals surface area contributed by atoms with E-state index in [0.717, 1.165) is 16.1 Å². The zero-order chi connectivity index (χ0) is 15.4. The van der Waals surface area contributed by atoms with Gasteiger partial charge in [-0.3, -0.25) is 14.9 Å². The summed E-state index contributed by atoms with van der Waals surface area (Å²) in [7, 11) is 1.35. The van der Waals surface area contributed by atoms with E-state index in [9.17, 15) is 9.59 Å². The van der Waals surface area contributed by atoms with E-state index in [0.29, 0.717) is 10.7 Å². The molecule has 0 atom stereocenters. The highest BCUT2D eigenvalue weighted by Crippen LogP contribution is 2.24. The molecule has 2 aromatic rings. The fraction of sp³-hybridized carbons (Fsp3) is 0.267. The Morgan fingerprint density at radius 2 is 2.10 bits per heavy atom. The summed E-state index contributed by atoms with van der Waals surface area (Å²) in [5.74, 6) is -0.532. The molecule has 0 aliphatic rings. The molecule has 0 radical (unpaired) electrons. The first-order valence-electron chi connectivity index (χ1n) is 6.40. The van der Waals surface area contributed by atoms with E-state index in [4.69, 9.17) is 0 Å². The van der Waals surface area contributed by atoms with Crippen LogP contribution in [0.3, 0.4) is 0 Å². The molecule has 0 unspecified atom stereocenters. The molecule has 0 bridgehead atoms. The minimum absolute atomic E-state index is 0.167. The van der Waals surface area contributed by atoms with E-state index in [-0.39, 0.29) is 18.3 Å². The van der Waals surface area contributed by atoms with Gasteiger partial charge in [0.05, 0.1) is 19.2 Å². The molecule has 1 heterocycles. The zero-order valence-corrected chi connectivity index (χ0v) is 12.9. The molecule has 0 fully saturated rings. The molecule has 5 nitrogen and oxygen atoms in total. The second-order valence-electron chi connectivity index (χ2n) is 4.60. The number of hydrogen-bond acceptors (Lipinski definition) is 5. The normalized spacial score (nSPS) is 10.2. The van der Waals surface area contributed by atoms with Crippen LogP contribution in [0.2, 0.25) is 0 Å². The van der Waals surface area contributed by atoms with E-state index in [1.54, 1.807) is 13.0 Å². The van der Waals surface area contributed by atoms with Crippen molar-refractivity contribution in [3.05, 3.63) is 46.0 Å². The number of ether oxygens (including phenoxy) is 1. The number of nitrogens with one attached hydrogen (secondary N) is 1. The molecule has 0 saturated carbocycles. The lowest BCUT2D eigenvalue weighted by molar-refractivity contribution is -0.139. The van der Waals surface area contributed by atoms with Crippen LogP contribution < -0.4 is 5.32 Å².